The molecule has 0 radical (unpaired) electrons. The van der Waals surface area contributed by atoms with Gasteiger partial charge in [0.15, 0.2) is 0 Å². The maximum absolute atomic E-state index is 10.4. The highest BCUT2D eigenvalue weighted by molar-refractivity contribution is 5.65. The van der Waals surface area contributed by atoms with Crippen LogP contribution in [0.25, 0.3) is 0 Å². The Morgan fingerprint density at radius 1 is 1.18 bits per heavy atom. The molecular weight excluding hydrogens is 232 g/mol. The fourth-order valence-electron chi connectivity index (χ4n) is 1.51. The molecule has 17 heavy (non-hydrogen) atoms. The van der Waals surface area contributed by atoms with Crippen molar-refractivity contribution in [3.63, 3.8) is 0 Å². The van der Waals surface area contributed by atoms with Gasteiger partial charge in [-0.2, -0.15) is 0 Å². The Balaban J connectivity index is 4.88. The first-order valence-electron chi connectivity index (χ1n) is 5.07. The summed E-state index contributed by atoms with van der Waals surface area (Å²) >= 11 is 0. The molecule has 0 aliphatic carbocycles. The maximum Gasteiger partial charge on any atom is 0.408 e. The molecular formula is C9H18N2O6. The Bertz CT molecular complexity index is 293. The SMILES string of the molecule is CCCC(C)(CNC(=O)O)C(O)(O)NC(=O)O. The van der Waals surface area contributed by atoms with Gasteiger partial charge in [0, 0.05) is 6.54 Å². The van der Waals surface area contributed by atoms with Crippen LogP contribution in [0.4, 0.5) is 9.59 Å². The monoisotopic (exact) mass is 250 g/mol. The van der Waals surface area contributed by atoms with Crippen LogP contribution in [-0.2, 0) is 0 Å². The molecule has 0 heterocycles. The molecule has 0 fully saturated rings. The number of hydrogen-bond acceptors (Lipinski definition) is 4. The summed E-state index contributed by atoms with van der Waals surface area (Å²) < 4.78 is 0. The maximum atomic E-state index is 10.4. The summed E-state index contributed by atoms with van der Waals surface area (Å²) in [6.45, 7) is 2.85. The molecule has 1 unspecified atom stereocenters. The van der Waals surface area contributed by atoms with Crippen molar-refractivity contribution in [2.45, 2.75) is 32.6 Å². The summed E-state index contributed by atoms with van der Waals surface area (Å²) in [5.74, 6) is -2.71. The van der Waals surface area contributed by atoms with Crippen molar-refractivity contribution in [3.8, 4) is 0 Å². The zero-order valence-electron chi connectivity index (χ0n) is 9.73. The Labute approximate surface area is 98.3 Å². The predicted octanol–water partition coefficient (Wildman–Crippen LogP) is -0.0336. The molecule has 0 rings (SSSR count). The molecule has 0 aliphatic rings. The summed E-state index contributed by atoms with van der Waals surface area (Å²) in [6, 6.07) is 0. The van der Waals surface area contributed by atoms with Crippen LogP contribution in [0.2, 0.25) is 0 Å². The van der Waals surface area contributed by atoms with E-state index in [-0.39, 0.29) is 13.0 Å². The molecule has 0 bridgehead atoms. The first-order valence-corrected chi connectivity index (χ1v) is 5.07. The zero-order valence-corrected chi connectivity index (χ0v) is 9.73. The molecule has 0 aromatic heterocycles. The number of aliphatic hydroxyl groups is 2. The van der Waals surface area contributed by atoms with Crippen molar-refractivity contribution in [3.05, 3.63) is 0 Å². The third kappa shape index (κ3) is 4.45. The zero-order chi connectivity index (χ0) is 13.7. The minimum Gasteiger partial charge on any atom is -0.465 e. The molecule has 2 amide bonds. The second-order valence-corrected chi connectivity index (χ2v) is 4.07. The molecule has 0 aromatic rings. The van der Waals surface area contributed by atoms with Gasteiger partial charge in [-0.3, -0.25) is 5.32 Å². The second kappa shape index (κ2) is 5.69. The van der Waals surface area contributed by atoms with E-state index in [1.54, 1.807) is 12.2 Å². The second-order valence-electron chi connectivity index (χ2n) is 4.07. The molecule has 1 atom stereocenters. The van der Waals surface area contributed by atoms with Crippen LogP contribution < -0.4 is 10.6 Å². The van der Waals surface area contributed by atoms with E-state index < -0.39 is 23.5 Å². The van der Waals surface area contributed by atoms with Crippen molar-refractivity contribution < 1.29 is 30.0 Å². The molecule has 0 aromatic carbocycles. The summed E-state index contributed by atoms with van der Waals surface area (Å²) in [7, 11) is 0. The molecule has 8 heteroatoms. The average molecular weight is 250 g/mol. The number of carbonyl (C=O) groups is 2. The van der Waals surface area contributed by atoms with E-state index in [0.717, 1.165) is 0 Å². The Morgan fingerprint density at radius 3 is 2.06 bits per heavy atom. The molecule has 6 N–H and O–H groups in total. The van der Waals surface area contributed by atoms with E-state index >= 15 is 0 Å². The molecule has 0 saturated heterocycles. The summed E-state index contributed by atoms with van der Waals surface area (Å²) in [6.07, 6.45) is -2.17. The normalized spacial score (nSPS) is 14.8. The van der Waals surface area contributed by atoms with Gasteiger partial charge in [0.2, 0.25) is 0 Å². The predicted molar refractivity (Wildman–Crippen MR) is 57.4 cm³/mol. The van der Waals surface area contributed by atoms with Crippen molar-refractivity contribution in [1.29, 1.82) is 0 Å². The third-order valence-corrected chi connectivity index (χ3v) is 2.55. The Morgan fingerprint density at radius 2 is 1.71 bits per heavy atom. The van der Waals surface area contributed by atoms with Crippen LogP contribution in [0.15, 0.2) is 0 Å². The molecule has 0 spiro atoms. The first kappa shape index (κ1) is 15.5. The van der Waals surface area contributed by atoms with Crippen molar-refractivity contribution >= 4 is 12.2 Å². The number of rotatable bonds is 6. The first-order chi connectivity index (χ1) is 7.64. The van der Waals surface area contributed by atoms with E-state index in [4.69, 9.17) is 10.2 Å². The standard InChI is InChI=1S/C9H18N2O6/c1-3-4-8(2,5-10-6(12)13)9(16,17)11-7(14)15/h10-11,16-17H,3-5H2,1-2H3,(H,12,13)(H,14,15). The number of hydrogen-bond donors (Lipinski definition) is 6. The Hall–Kier alpha value is -1.54. The fourth-order valence-corrected chi connectivity index (χ4v) is 1.51. The van der Waals surface area contributed by atoms with E-state index in [9.17, 15) is 19.8 Å². The lowest BCUT2D eigenvalue weighted by Crippen LogP contribution is -2.62. The van der Waals surface area contributed by atoms with Crippen LogP contribution in [0.1, 0.15) is 26.7 Å². The van der Waals surface area contributed by atoms with E-state index in [0.29, 0.717) is 6.42 Å². The Kier molecular flexibility index (Phi) is 5.17. The number of nitrogens with one attached hydrogen (secondary N) is 2. The van der Waals surface area contributed by atoms with Crippen LogP contribution in [-0.4, -0.2) is 45.1 Å². The summed E-state index contributed by atoms with van der Waals surface area (Å²) in [5.41, 5.74) is -1.36. The number of amides is 2. The van der Waals surface area contributed by atoms with Crippen LogP contribution in [0.3, 0.4) is 0 Å². The molecule has 100 valence electrons. The van der Waals surface area contributed by atoms with Crippen LogP contribution in [0, 0.1) is 5.41 Å². The van der Waals surface area contributed by atoms with Gasteiger partial charge in [0.25, 0.3) is 5.91 Å². The largest absolute Gasteiger partial charge is 0.465 e. The topological polar surface area (TPSA) is 139 Å². The minimum atomic E-state index is -2.71. The van der Waals surface area contributed by atoms with Gasteiger partial charge in [-0.15, -0.1) is 0 Å². The third-order valence-electron chi connectivity index (χ3n) is 2.55. The van der Waals surface area contributed by atoms with Gasteiger partial charge >= 0.3 is 12.2 Å². The number of carboxylic acid groups (broad SMARTS) is 2. The van der Waals surface area contributed by atoms with Gasteiger partial charge in [-0.1, -0.05) is 20.3 Å². The molecule has 0 aliphatic heterocycles. The lowest BCUT2D eigenvalue weighted by molar-refractivity contribution is -0.253. The highest BCUT2D eigenvalue weighted by Crippen LogP contribution is 2.32. The minimum absolute atomic E-state index is 0.223. The van der Waals surface area contributed by atoms with Gasteiger partial charge in [-0.25, -0.2) is 9.59 Å². The van der Waals surface area contributed by atoms with Crippen LogP contribution >= 0.6 is 0 Å². The van der Waals surface area contributed by atoms with Gasteiger partial charge < -0.3 is 25.7 Å². The van der Waals surface area contributed by atoms with E-state index in [2.05, 4.69) is 0 Å². The van der Waals surface area contributed by atoms with E-state index in [1.165, 1.54) is 6.92 Å². The van der Waals surface area contributed by atoms with Crippen molar-refractivity contribution in [2.75, 3.05) is 6.54 Å². The fraction of sp³-hybridized carbons (Fsp3) is 0.778. The van der Waals surface area contributed by atoms with Crippen molar-refractivity contribution in [1.82, 2.24) is 10.6 Å². The summed E-state index contributed by atoms with van der Waals surface area (Å²) in [4.78, 5) is 20.8. The van der Waals surface area contributed by atoms with Gasteiger partial charge in [0.1, 0.15) is 0 Å². The van der Waals surface area contributed by atoms with E-state index in [1.807, 2.05) is 5.32 Å². The highest BCUT2D eigenvalue weighted by Gasteiger charge is 2.46. The quantitative estimate of drug-likeness (QED) is 0.366. The van der Waals surface area contributed by atoms with Gasteiger partial charge in [-0.05, 0) is 6.42 Å². The molecule has 8 nitrogen and oxygen atoms in total. The van der Waals surface area contributed by atoms with Crippen molar-refractivity contribution in [2.24, 2.45) is 5.41 Å². The lowest BCUT2D eigenvalue weighted by atomic mass is 9.81. The molecule has 0 saturated carbocycles. The lowest BCUT2D eigenvalue weighted by Gasteiger charge is -2.40. The summed E-state index contributed by atoms with van der Waals surface area (Å²) in [5, 5.41) is 39.9. The highest BCUT2D eigenvalue weighted by atomic mass is 16.5. The average Bonchev–Trinajstić information content (AvgIpc) is 2.13. The van der Waals surface area contributed by atoms with Crippen LogP contribution in [0.5, 0.6) is 0 Å². The van der Waals surface area contributed by atoms with Gasteiger partial charge in [0.05, 0.1) is 5.41 Å². The smallest absolute Gasteiger partial charge is 0.408 e.